The van der Waals surface area contributed by atoms with Gasteiger partial charge in [-0.05, 0) is 84.2 Å². The van der Waals surface area contributed by atoms with E-state index in [0.717, 1.165) is 33.4 Å². The molecule has 0 fully saturated rings. The number of aliphatic imine (C=N–C) groups is 2. The molecule has 2 N–H and O–H groups in total. The number of benzene rings is 4. The van der Waals surface area contributed by atoms with Gasteiger partial charge < -0.3 is 19.0 Å². The standard InChI is InChI=1S/C33H25BFN3O2/c1-34(35)38-31(25-14-18-27(40)19-15-25)21-29(23-10-6-3-7-11-23)33(38)37-32-28(22-8-4-2-5-9-22)20-30(36-32)24-12-16-26(39)17-13-24/h2-21,39-40H,1H3/b37-32-. The summed E-state index contributed by atoms with van der Waals surface area (Å²) in [5.41, 5.74) is 6.33. The fraction of sp³-hybridized carbons (Fsp3) is 0.0303. The summed E-state index contributed by atoms with van der Waals surface area (Å²) in [4.78, 5) is 9.95. The molecular weight excluding hydrogens is 500 g/mol. The highest BCUT2D eigenvalue weighted by molar-refractivity contribution is 6.49. The lowest BCUT2D eigenvalue weighted by Crippen LogP contribution is -2.15. The monoisotopic (exact) mass is 525 g/mol. The molecule has 0 amide bonds. The molecule has 0 bridgehead atoms. The first-order valence-electron chi connectivity index (χ1n) is 13.0. The number of rotatable bonds is 6. The topological polar surface area (TPSA) is 70.1 Å². The zero-order chi connectivity index (χ0) is 27.6. The van der Waals surface area contributed by atoms with E-state index in [1.54, 1.807) is 53.0 Å². The van der Waals surface area contributed by atoms with Gasteiger partial charge in [-0.3, -0.25) is 0 Å². The third-order valence-electron chi connectivity index (χ3n) is 6.82. The third-order valence-corrected chi connectivity index (χ3v) is 6.82. The molecule has 6 rings (SSSR count). The number of amidine groups is 1. The minimum atomic E-state index is -1.40. The number of halogens is 1. The molecule has 0 unspecified atom stereocenters. The predicted molar refractivity (Wildman–Crippen MR) is 161 cm³/mol. The van der Waals surface area contributed by atoms with Gasteiger partial charge in [0.25, 0.3) is 0 Å². The van der Waals surface area contributed by atoms with Crippen LogP contribution in [0.4, 0.5) is 10.1 Å². The number of hydrogen-bond donors (Lipinski definition) is 2. The molecule has 5 aromatic rings. The van der Waals surface area contributed by atoms with E-state index >= 15 is 4.32 Å². The van der Waals surface area contributed by atoms with E-state index in [4.69, 9.17) is 9.98 Å². The Balaban J connectivity index is 1.59. The van der Waals surface area contributed by atoms with Gasteiger partial charge >= 0.3 is 7.12 Å². The van der Waals surface area contributed by atoms with Gasteiger partial charge in [0.1, 0.15) is 17.3 Å². The van der Waals surface area contributed by atoms with Gasteiger partial charge in [0.05, 0.1) is 5.71 Å². The molecule has 2 heterocycles. The van der Waals surface area contributed by atoms with E-state index < -0.39 is 7.12 Å². The zero-order valence-corrected chi connectivity index (χ0v) is 21.7. The molecule has 5 nitrogen and oxygen atoms in total. The molecule has 1 aliphatic heterocycles. The van der Waals surface area contributed by atoms with Crippen LogP contribution in [-0.4, -0.2) is 33.4 Å². The molecule has 40 heavy (non-hydrogen) atoms. The predicted octanol–water partition coefficient (Wildman–Crippen LogP) is 7.79. The SMILES string of the molecule is CB(F)n1c(-c2ccc(O)cc2)cc(-c2ccccc2)c1/N=C1\N=C(c2ccc(O)cc2)C=C1c1ccccc1. The number of hydrogen-bond acceptors (Lipinski definition) is 3. The van der Waals surface area contributed by atoms with Crippen LogP contribution in [0.2, 0.25) is 6.82 Å². The average Bonchev–Trinajstić information content (AvgIpc) is 3.57. The quantitative estimate of drug-likeness (QED) is 0.222. The Labute approximate surface area is 232 Å². The van der Waals surface area contributed by atoms with Gasteiger partial charge in [-0.2, -0.15) is 0 Å². The zero-order valence-electron chi connectivity index (χ0n) is 21.7. The van der Waals surface area contributed by atoms with Crippen LogP contribution in [0.1, 0.15) is 11.1 Å². The number of nitrogens with zero attached hydrogens (tertiary/aromatic N) is 3. The van der Waals surface area contributed by atoms with Gasteiger partial charge in [-0.25, -0.2) is 9.98 Å². The molecule has 0 radical (unpaired) electrons. The first-order chi connectivity index (χ1) is 19.5. The lowest BCUT2D eigenvalue weighted by Gasteiger charge is -2.12. The van der Waals surface area contributed by atoms with Crippen molar-refractivity contribution in [3.63, 3.8) is 0 Å². The largest absolute Gasteiger partial charge is 0.508 e. The number of phenolic OH excluding ortho intramolecular Hbond substituents is 2. The molecule has 1 aliphatic rings. The first kappa shape index (κ1) is 25.1. The lowest BCUT2D eigenvalue weighted by molar-refractivity contribution is 0.475. The maximum Gasteiger partial charge on any atom is 0.463 e. The smallest absolute Gasteiger partial charge is 0.463 e. The summed E-state index contributed by atoms with van der Waals surface area (Å²) in [5, 5.41) is 19.6. The fourth-order valence-corrected chi connectivity index (χ4v) is 4.88. The number of aromatic nitrogens is 1. The van der Waals surface area contributed by atoms with Crippen LogP contribution in [0.5, 0.6) is 11.5 Å². The number of allylic oxidation sites excluding steroid dienone is 1. The van der Waals surface area contributed by atoms with Gasteiger partial charge in [0, 0.05) is 22.4 Å². The Kier molecular flexibility index (Phi) is 6.62. The highest BCUT2D eigenvalue weighted by Gasteiger charge is 2.26. The van der Waals surface area contributed by atoms with Crippen molar-refractivity contribution in [3.05, 3.63) is 132 Å². The summed E-state index contributed by atoms with van der Waals surface area (Å²) in [5.74, 6) is 1.21. The number of phenols is 2. The van der Waals surface area contributed by atoms with Crippen molar-refractivity contribution in [1.82, 2.24) is 4.48 Å². The van der Waals surface area contributed by atoms with E-state index in [9.17, 15) is 10.2 Å². The van der Waals surface area contributed by atoms with Gasteiger partial charge in [0.2, 0.25) is 0 Å². The summed E-state index contributed by atoms with van der Waals surface area (Å²) in [6.07, 6.45) is 1.97. The van der Waals surface area contributed by atoms with Crippen LogP contribution in [0, 0.1) is 0 Å². The Morgan fingerprint density at radius 1 is 0.700 bits per heavy atom. The van der Waals surface area contributed by atoms with Gasteiger partial charge in [-0.1, -0.05) is 60.7 Å². The van der Waals surface area contributed by atoms with Crippen molar-refractivity contribution in [3.8, 4) is 33.9 Å². The Morgan fingerprint density at radius 3 is 1.82 bits per heavy atom. The van der Waals surface area contributed by atoms with Crippen LogP contribution >= 0.6 is 0 Å². The van der Waals surface area contributed by atoms with Crippen molar-refractivity contribution >= 4 is 30.1 Å². The van der Waals surface area contributed by atoms with E-state index in [2.05, 4.69) is 0 Å². The highest BCUT2D eigenvalue weighted by Crippen LogP contribution is 2.40. The fourth-order valence-electron chi connectivity index (χ4n) is 4.88. The minimum Gasteiger partial charge on any atom is -0.508 e. The molecule has 7 heteroatoms. The minimum absolute atomic E-state index is 0.138. The molecule has 0 saturated heterocycles. The normalized spacial score (nSPS) is 13.8. The second-order valence-electron chi connectivity index (χ2n) is 9.53. The molecular formula is C33H25BFN3O2. The van der Waals surface area contributed by atoms with Crippen LogP contribution in [0.15, 0.2) is 131 Å². The van der Waals surface area contributed by atoms with Crippen LogP contribution in [0.25, 0.3) is 28.0 Å². The average molecular weight is 525 g/mol. The van der Waals surface area contributed by atoms with E-state index in [0.29, 0.717) is 23.1 Å². The van der Waals surface area contributed by atoms with Crippen LogP contribution < -0.4 is 0 Å². The van der Waals surface area contributed by atoms with Crippen LogP contribution in [-0.2, 0) is 0 Å². The van der Waals surface area contributed by atoms with Crippen molar-refractivity contribution in [2.24, 2.45) is 9.98 Å². The van der Waals surface area contributed by atoms with Crippen molar-refractivity contribution in [1.29, 1.82) is 0 Å². The summed E-state index contributed by atoms with van der Waals surface area (Å²) >= 11 is 0. The summed E-state index contributed by atoms with van der Waals surface area (Å²) in [6, 6.07) is 35.1. The molecule has 4 aromatic carbocycles. The summed E-state index contributed by atoms with van der Waals surface area (Å²) in [6.45, 7) is 1.48. The van der Waals surface area contributed by atoms with Gasteiger partial charge in [-0.15, -0.1) is 0 Å². The summed E-state index contributed by atoms with van der Waals surface area (Å²) < 4.78 is 17.1. The highest BCUT2D eigenvalue weighted by atomic mass is 19.1. The third kappa shape index (κ3) is 4.85. The van der Waals surface area contributed by atoms with Crippen LogP contribution in [0.3, 0.4) is 0 Å². The second kappa shape index (κ2) is 10.5. The Hall–Kier alpha value is -5.17. The maximum absolute atomic E-state index is 15.5. The van der Waals surface area contributed by atoms with Gasteiger partial charge in [0.15, 0.2) is 5.84 Å². The van der Waals surface area contributed by atoms with Crippen molar-refractivity contribution in [2.75, 3.05) is 0 Å². The molecule has 1 aromatic heterocycles. The lowest BCUT2D eigenvalue weighted by atomic mass is 9.90. The molecule has 0 aliphatic carbocycles. The Morgan fingerprint density at radius 2 is 1.25 bits per heavy atom. The van der Waals surface area contributed by atoms with Crippen molar-refractivity contribution in [2.45, 2.75) is 6.82 Å². The van der Waals surface area contributed by atoms with E-state index in [-0.39, 0.29) is 11.5 Å². The molecule has 0 atom stereocenters. The molecule has 194 valence electrons. The summed E-state index contributed by atoms with van der Waals surface area (Å²) in [7, 11) is -1.40. The molecule has 0 saturated carbocycles. The van der Waals surface area contributed by atoms with E-state index in [1.165, 1.54) is 6.82 Å². The van der Waals surface area contributed by atoms with Crippen molar-refractivity contribution < 1.29 is 14.5 Å². The number of aromatic hydroxyl groups is 2. The first-order valence-corrected chi connectivity index (χ1v) is 13.0. The second-order valence-corrected chi connectivity index (χ2v) is 9.53. The maximum atomic E-state index is 15.5. The molecule has 0 spiro atoms. The van der Waals surface area contributed by atoms with E-state index in [1.807, 2.05) is 72.8 Å². The Bertz CT molecular complexity index is 1760.